The number of aromatic nitrogens is 2. The zero-order valence-electron chi connectivity index (χ0n) is 15.7. The SMILES string of the molecule is CN(C)CCCn1ccc2cc(C(=O)Nc3cc4ccccc4[nH]3)ccc21. The molecule has 2 aromatic heterocycles. The van der Waals surface area contributed by atoms with Crippen molar-refractivity contribution in [2.45, 2.75) is 13.0 Å². The van der Waals surface area contributed by atoms with E-state index in [1.807, 2.05) is 48.5 Å². The van der Waals surface area contributed by atoms with Gasteiger partial charge >= 0.3 is 0 Å². The van der Waals surface area contributed by atoms with Crippen LogP contribution in [0.2, 0.25) is 0 Å². The lowest BCUT2D eigenvalue weighted by atomic mass is 10.1. The molecular formula is C22H24N4O. The maximum atomic E-state index is 12.6. The third-order valence-corrected chi connectivity index (χ3v) is 4.82. The van der Waals surface area contributed by atoms with Gasteiger partial charge in [-0.25, -0.2) is 0 Å². The quantitative estimate of drug-likeness (QED) is 0.538. The second-order valence-electron chi connectivity index (χ2n) is 7.16. The molecule has 0 atom stereocenters. The number of para-hydroxylation sites is 1. The summed E-state index contributed by atoms with van der Waals surface area (Å²) >= 11 is 0. The van der Waals surface area contributed by atoms with Gasteiger partial charge < -0.3 is 19.8 Å². The van der Waals surface area contributed by atoms with Crippen LogP contribution in [-0.2, 0) is 6.54 Å². The van der Waals surface area contributed by atoms with Crippen LogP contribution in [0.15, 0.2) is 60.8 Å². The van der Waals surface area contributed by atoms with Gasteiger partial charge in [0.25, 0.3) is 5.91 Å². The third kappa shape index (κ3) is 3.73. The Morgan fingerprint density at radius 2 is 1.93 bits per heavy atom. The molecule has 0 fully saturated rings. The van der Waals surface area contributed by atoms with E-state index in [-0.39, 0.29) is 5.91 Å². The number of amides is 1. The number of rotatable bonds is 6. The first-order chi connectivity index (χ1) is 13.1. The van der Waals surface area contributed by atoms with E-state index in [0.717, 1.165) is 41.3 Å². The number of hydrogen-bond acceptors (Lipinski definition) is 2. The first-order valence-corrected chi connectivity index (χ1v) is 9.23. The molecule has 27 heavy (non-hydrogen) atoms. The third-order valence-electron chi connectivity index (χ3n) is 4.82. The highest BCUT2D eigenvalue weighted by molar-refractivity contribution is 6.06. The molecule has 0 saturated heterocycles. The number of aromatic amines is 1. The Kier molecular flexibility index (Phi) is 4.69. The van der Waals surface area contributed by atoms with Crippen LogP contribution in [0, 0.1) is 0 Å². The Labute approximate surface area is 158 Å². The Bertz CT molecular complexity index is 1060. The number of carbonyl (C=O) groups excluding carboxylic acids is 1. The van der Waals surface area contributed by atoms with Crippen molar-refractivity contribution < 1.29 is 4.79 Å². The Hall–Kier alpha value is -3.05. The lowest BCUT2D eigenvalue weighted by Gasteiger charge is -2.10. The van der Waals surface area contributed by atoms with Crippen molar-refractivity contribution in [2.75, 3.05) is 26.0 Å². The first kappa shape index (κ1) is 17.4. The van der Waals surface area contributed by atoms with Gasteiger partial charge in [-0.3, -0.25) is 4.79 Å². The number of nitrogens with one attached hydrogen (secondary N) is 2. The number of fused-ring (bicyclic) bond motifs is 2. The molecule has 138 valence electrons. The maximum absolute atomic E-state index is 12.6. The van der Waals surface area contributed by atoms with Gasteiger partial charge in [0.15, 0.2) is 0 Å². The Morgan fingerprint density at radius 3 is 2.74 bits per heavy atom. The first-order valence-electron chi connectivity index (χ1n) is 9.23. The van der Waals surface area contributed by atoms with E-state index >= 15 is 0 Å². The minimum absolute atomic E-state index is 0.108. The number of H-pyrrole nitrogens is 1. The molecule has 5 heteroatoms. The summed E-state index contributed by atoms with van der Waals surface area (Å²) < 4.78 is 2.25. The van der Waals surface area contributed by atoms with E-state index in [1.165, 1.54) is 0 Å². The molecule has 4 rings (SSSR count). The summed E-state index contributed by atoms with van der Waals surface area (Å²) in [5, 5.41) is 5.13. The van der Waals surface area contributed by atoms with Crippen LogP contribution in [0.1, 0.15) is 16.8 Å². The van der Waals surface area contributed by atoms with Crippen molar-refractivity contribution in [2.24, 2.45) is 0 Å². The van der Waals surface area contributed by atoms with Crippen molar-refractivity contribution in [3.63, 3.8) is 0 Å². The van der Waals surface area contributed by atoms with Crippen LogP contribution in [-0.4, -0.2) is 41.0 Å². The number of hydrogen-bond donors (Lipinski definition) is 2. The molecule has 1 amide bonds. The predicted octanol–water partition coefficient (Wildman–Crippen LogP) is 4.33. The molecule has 0 bridgehead atoms. The highest BCUT2D eigenvalue weighted by atomic mass is 16.1. The topological polar surface area (TPSA) is 53.1 Å². The molecule has 0 aliphatic heterocycles. The van der Waals surface area contributed by atoms with Crippen LogP contribution in [0.4, 0.5) is 5.82 Å². The van der Waals surface area contributed by atoms with Gasteiger partial charge in [0.05, 0.1) is 0 Å². The lowest BCUT2D eigenvalue weighted by Crippen LogP contribution is -2.14. The number of anilines is 1. The minimum Gasteiger partial charge on any atom is -0.347 e. The summed E-state index contributed by atoms with van der Waals surface area (Å²) in [6, 6.07) is 17.9. The molecule has 0 aliphatic rings. The fourth-order valence-electron chi connectivity index (χ4n) is 3.43. The van der Waals surface area contributed by atoms with Gasteiger partial charge in [-0.2, -0.15) is 0 Å². The Balaban J connectivity index is 1.50. The molecule has 2 heterocycles. The summed E-state index contributed by atoms with van der Waals surface area (Å²) in [6.45, 7) is 2.03. The van der Waals surface area contributed by atoms with E-state index in [4.69, 9.17) is 0 Å². The van der Waals surface area contributed by atoms with E-state index in [0.29, 0.717) is 11.4 Å². The predicted molar refractivity (Wildman–Crippen MR) is 111 cm³/mol. The van der Waals surface area contributed by atoms with E-state index in [1.54, 1.807) is 0 Å². The number of nitrogens with zero attached hydrogens (tertiary/aromatic N) is 2. The van der Waals surface area contributed by atoms with Gasteiger partial charge in [0, 0.05) is 40.1 Å². The monoisotopic (exact) mass is 360 g/mol. The van der Waals surface area contributed by atoms with Gasteiger partial charge in [-0.1, -0.05) is 18.2 Å². The van der Waals surface area contributed by atoms with Gasteiger partial charge in [0.2, 0.25) is 0 Å². The average molecular weight is 360 g/mol. The molecule has 2 N–H and O–H groups in total. The molecule has 0 saturated carbocycles. The average Bonchev–Trinajstić information content (AvgIpc) is 3.24. The summed E-state index contributed by atoms with van der Waals surface area (Å²) in [6.07, 6.45) is 3.19. The fraction of sp³-hybridized carbons (Fsp3) is 0.227. The molecule has 0 radical (unpaired) electrons. The highest BCUT2D eigenvalue weighted by Gasteiger charge is 2.10. The molecule has 0 aliphatic carbocycles. The van der Waals surface area contributed by atoms with Gasteiger partial charge in [-0.05, 0) is 63.5 Å². The van der Waals surface area contributed by atoms with E-state index in [9.17, 15) is 4.79 Å². The van der Waals surface area contributed by atoms with Crippen molar-refractivity contribution in [1.82, 2.24) is 14.5 Å². The molecule has 5 nitrogen and oxygen atoms in total. The molecule has 0 unspecified atom stereocenters. The molecular weight excluding hydrogens is 336 g/mol. The second-order valence-corrected chi connectivity index (χ2v) is 7.16. The number of aryl methyl sites for hydroxylation is 1. The number of carbonyl (C=O) groups is 1. The normalized spacial score (nSPS) is 11.5. The summed E-state index contributed by atoms with van der Waals surface area (Å²) in [5.74, 6) is 0.603. The Morgan fingerprint density at radius 1 is 1.07 bits per heavy atom. The molecule has 2 aromatic carbocycles. The summed E-state index contributed by atoms with van der Waals surface area (Å²) in [7, 11) is 4.18. The molecule has 0 spiro atoms. The second kappa shape index (κ2) is 7.29. The van der Waals surface area contributed by atoms with Crippen LogP contribution < -0.4 is 5.32 Å². The van der Waals surface area contributed by atoms with Gasteiger partial charge in [0.1, 0.15) is 5.82 Å². The largest absolute Gasteiger partial charge is 0.347 e. The van der Waals surface area contributed by atoms with Crippen LogP contribution in [0.5, 0.6) is 0 Å². The van der Waals surface area contributed by atoms with Crippen LogP contribution in [0.25, 0.3) is 21.8 Å². The van der Waals surface area contributed by atoms with Crippen molar-refractivity contribution in [1.29, 1.82) is 0 Å². The zero-order chi connectivity index (χ0) is 18.8. The minimum atomic E-state index is -0.108. The van der Waals surface area contributed by atoms with Crippen molar-refractivity contribution in [3.05, 3.63) is 66.4 Å². The van der Waals surface area contributed by atoms with Crippen LogP contribution in [0.3, 0.4) is 0 Å². The standard InChI is InChI=1S/C22H24N4O/c1-25(2)11-5-12-26-13-10-17-14-18(8-9-20(17)26)22(27)24-21-15-16-6-3-4-7-19(16)23-21/h3-4,6-10,13-15,23H,5,11-12H2,1-2H3,(H,24,27). The number of benzene rings is 2. The van der Waals surface area contributed by atoms with E-state index < -0.39 is 0 Å². The summed E-state index contributed by atoms with van der Waals surface area (Å²) in [4.78, 5) is 18.1. The lowest BCUT2D eigenvalue weighted by molar-refractivity contribution is 0.102. The zero-order valence-corrected chi connectivity index (χ0v) is 15.7. The van der Waals surface area contributed by atoms with Gasteiger partial charge in [-0.15, -0.1) is 0 Å². The van der Waals surface area contributed by atoms with Crippen molar-refractivity contribution >= 4 is 33.5 Å². The smallest absolute Gasteiger partial charge is 0.256 e. The molecule has 4 aromatic rings. The van der Waals surface area contributed by atoms with Crippen molar-refractivity contribution in [3.8, 4) is 0 Å². The van der Waals surface area contributed by atoms with E-state index in [2.05, 4.69) is 46.1 Å². The highest BCUT2D eigenvalue weighted by Crippen LogP contribution is 2.21. The fourth-order valence-corrected chi connectivity index (χ4v) is 3.43. The summed E-state index contributed by atoms with van der Waals surface area (Å²) in [5.41, 5.74) is 2.83. The maximum Gasteiger partial charge on any atom is 0.256 e. The van der Waals surface area contributed by atoms with Crippen LogP contribution >= 0.6 is 0 Å².